The minimum absolute atomic E-state index is 0.0312. The summed E-state index contributed by atoms with van der Waals surface area (Å²) in [4.78, 5) is 22.2. The Balaban J connectivity index is 1.61. The molecule has 38 heavy (non-hydrogen) atoms. The maximum absolute atomic E-state index is 13.6. The van der Waals surface area contributed by atoms with Crippen LogP contribution in [0.1, 0.15) is 29.5 Å². The highest BCUT2D eigenvalue weighted by Crippen LogP contribution is 2.39. The van der Waals surface area contributed by atoms with Crippen LogP contribution in [0.25, 0.3) is 11.4 Å². The second kappa shape index (κ2) is 10.9. The molecule has 1 saturated heterocycles. The molecule has 0 spiro atoms. The third kappa shape index (κ3) is 5.53. The van der Waals surface area contributed by atoms with Crippen molar-refractivity contribution in [3.05, 3.63) is 71.5 Å². The number of nitrogens with zero attached hydrogens (tertiary/aromatic N) is 5. The van der Waals surface area contributed by atoms with E-state index in [0.29, 0.717) is 44.7 Å². The number of aryl methyl sites for hydroxylation is 1. The molecule has 0 atom stereocenters. The number of pyridine rings is 1. The number of alkyl halides is 3. The van der Waals surface area contributed by atoms with Crippen LogP contribution in [-0.2, 0) is 23.4 Å². The van der Waals surface area contributed by atoms with Crippen LogP contribution in [0.3, 0.4) is 0 Å². The molecule has 7 nitrogen and oxygen atoms in total. The van der Waals surface area contributed by atoms with Crippen molar-refractivity contribution in [3.63, 3.8) is 0 Å². The molecule has 0 unspecified atom stereocenters. The van der Waals surface area contributed by atoms with Gasteiger partial charge in [0.15, 0.2) is 0 Å². The largest absolute Gasteiger partial charge is 0.416 e. The van der Waals surface area contributed by atoms with Crippen LogP contribution in [-0.4, -0.2) is 60.6 Å². The molecular weight excluding hydrogens is 493 g/mol. The summed E-state index contributed by atoms with van der Waals surface area (Å²) in [5.74, 6) is -0.0969. The molecule has 0 aliphatic carbocycles. The van der Waals surface area contributed by atoms with Crippen molar-refractivity contribution in [2.45, 2.75) is 24.4 Å². The molecule has 2 aromatic heterocycles. The van der Waals surface area contributed by atoms with E-state index in [9.17, 15) is 23.2 Å². The van der Waals surface area contributed by atoms with Gasteiger partial charge in [-0.1, -0.05) is 6.07 Å². The number of piperidine rings is 1. The molecule has 0 radical (unpaired) electrons. The normalized spacial score (nSPS) is 15.4. The first-order valence-electron chi connectivity index (χ1n) is 12.4. The molecule has 1 N–H and O–H groups in total. The number of nitrogens with one attached hydrogen (secondary N) is 1. The van der Waals surface area contributed by atoms with Gasteiger partial charge in [-0.2, -0.15) is 18.4 Å². The Morgan fingerprint density at radius 2 is 1.92 bits per heavy atom. The van der Waals surface area contributed by atoms with Crippen molar-refractivity contribution >= 4 is 11.6 Å². The van der Waals surface area contributed by atoms with Crippen LogP contribution < -0.4 is 10.2 Å². The summed E-state index contributed by atoms with van der Waals surface area (Å²) >= 11 is 0. The number of anilines is 1. The van der Waals surface area contributed by atoms with Gasteiger partial charge in [0.2, 0.25) is 5.91 Å². The molecule has 3 heterocycles. The highest BCUT2D eigenvalue weighted by molar-refractivity contribution is 5.88. The number of rotatable bonds is 7. The summed E-state index contributed by atoms with van der Waals surface area (Å²) in [5, 5.41) is 12.6. The first kappa shape index (κ1) is 27.2. The molecular formula is C28H31F3N6O. The van der Waals surface area contributed by atoms with Gasteiger partial charge in [-0.05, 0) is 68.9 Å². The average molecular weight is 525 g/mol. The van der Waals surface area contributed by atoms with E-state index in [1.165, 1.54) is 6.07 Å². The maximum atomic E-state index is 13.6. The lowest BCUT2D eigenvalue weighted by atomic mass is 9.72. The molecule has 0 bridgehead atoms. The van der Waals surface area contributed by atoms with E-state index in [-0.39, 0.29) is 11.5 Å². The molecule has 1 aliphatic heterocycles. The lowest BCUT2D eigenvalue weighted by Crippen LogP contribution is -2.52. The van der Waals surface area contributed by atoms with Gasteiger partial charge in [-0.25, -0.2) is 0 Å². The number of carbonyl (C=O) groups is 1. The van der Waals surface area contributed by atoms with E-state index in [1.807, 2.05) is 72.0 Å². The molecule has 1 aromatic carbocycles. The Morgan fingerprint density at radius 3 is 2.47 bits per heavy atom. The maximum Gasteiger partial charge on any atom is 0.416 e. The van der Waals surface area contributed by atoms with Crippen molar-refractivity contribution in [1.82, 2.24) is 19.8 Å². The summed E-state index contributed by atoms with van der Waals surface area (Å²) in [6, 6.07) is 12.9. The first-order valence-corrected chi connectivity index (χ1v) is 12.4. The predicted octanol–water partition coefficient (Wildman–Crippen LogP) is 4.19. The first-order chi connectivity index (χ1) is 18.0. The number of benzene rings is 1. The number of likely N-dealkylation sites (N-methyl/N-ethyl adjacent to an activating group) is 1. The summed E-state index contributed by atoms with van der Waals surface area (Å²) < 4.78 is 41.5. The average Bonchev–Trinajstić information content (AvgIpc) is 3.33. The number of aromatic nitrogens is 2. The van der Waals surface area contributed by atoms with Crippen molar-refractivity contribution in [2.24, 2.45) is 7.05 Å². The standard InChI is InChI=1S/C28H31F3N6O/c1-35(2)16-12-33-26(38)27(22-6-8-23(34-19-22)25-5-4-13-36(25)3)10-14-37(15-11-27)24-9-7-21(28(29,30)31)17-20(24)18-32/h4-9,13,17,19H,10-12,14-16H2,1-3H3,(H,33,38). The molecule has 1 aliphatic rings. The highest BCUT2D eigenvalue weighted by Gasteiger charge is 2.43. The number of nitriles is 1. The third-order valence-corrected chi connectivity index (χ3v) is 7.20. The minimum Gasteiger partial charge on any atom is -0.370 e. The van der Waals surface area contributed by atoms with Gasteiger partial charge in [0.05, 0.1) is 33.6 Å². The van der Waals surface area contributed by atoms with Gasteiger partial charge >= 0.3 is 6.18 Å². The van der Waals surface area contributed by atoms with Crippen LogP contribution in [0.5, 0.6) is 0 Å². The van der Waals surface area contributed by atoms with Gasteiger partial charge in [0.1, 0.15) is 6.07 Å². The van der Waals surface area contributed by atoms with Crippen molar-refractivity contribution < 1.29 is 18.0 Å². The minimum atomic E-state index is -4.52. The van der Waals surface area contributed by atoms with E-state index >= 15 is 0 Å². The summed E-state index contributed by atoms with van der Waals surface area (Å²) in [6.07, 6.45) is 0.0274. The fourth-order valence-corrected chi connectivity index (χ4v) is 4.97. The molecule has 1 fully saturated rings. The number of hydrogen-bond acceptors (Lipinski definition) is 5. The quantitative estimate of drug-likeness (QED) is 0.502. The van der Waals surface area contributed by atoms with E-state index in [2.05, 4.69) is 10.3 Å². The molecule has 4 rings (SSSR count). The summed E-state index contributed by atoms with van der Waals surface area (Å²) in [7, 11) is 5.81. The van der Waals surface area contributed by atoms with Crippen LogP contribution in [0.4, 0.5) is 18.9 Å². The summed E-state index contributed by atoms with van der Waals surface area (Å²) in [6.45, 7) is 1.99. The number of hydrogen-bond donors (Lipinski definition) is 1. The highest BCUT2D eigenvalue weighted by atomic mass is 19.4. The number of carbonyl (C=O) groups excluding carboxylic acids is 1. The number of amides is 1. The summed E-state index contributed by atoms with van der Waals surface area (Å²) in [5.41, 5.74) is 1.27. The van der Waals surface area contributed by atoms with E-state index in [0.717, 1.165) is 29.1 Å². The Morgan fingerprint density at radius 1 is 1.18 bits per heavy atom. The lowest BCUT2D eigenvalue weighted by molar-refractivity contribution is -0.137. The molecule has 0 saturated carbocycles. The SMILES string of the molecule is CN(C)CCNC(=O)C1(c2ccc(-c3cccn3C)nc2)CCN(c2ccc(C(F)(F)F)cc2C#N)CC1. The Hall–Kier alpha value is -3.84. The van der Waals surface area contributed by atoms with E-state index in [1.54, 1.807) is 6.20 Å². The second-order valence-corrected chi connectivity index (χ2v) is 9.91. The van der Waals surface area contributed by atoms with Gasteiger partial charge in [-0.3, -0.25) is 9.78 Å². The topological polar surface area (TPSA) is 77.2 Å². The van der Waals surface area contributed by atoms with Crippen molar-refractivity contribution in [2.75, 3.05) is 45.2 Å². The smallest absolute Gasteiger partial charge is 0.370 e. The van der Waals surface area contributed by atoms with Crippen LogP contribution in [0.2, 0.25) is 0 Å². The van der Waals surface area contributed by atoms with Gasteiger partial charge in [0.25, 0.3) is 0 Å². The fourth-order valence-electron chi connectivity index (χ4n) is 4.97. The van der Waals surface area contributed by atoms with E-state index in [4.69, 9.17) is 0 Å². The van der Waals surface area contributed by atoms with Crippen molar-refractivity contribution in [1.29, 1.82) is 5.26 Å². The van der Waals surface area contributed by atoms with Gasteiger partial charge in [0, 0.05) is 45.6 Å². The van der Waals surface area contributed by atoms with Crippen LogP contribution >= 0.6 is 0 Å². The second-order valence-electron chi connectivity index (χ2n) is 9.91. The number of halogens is 3. The third-order valence-electron chi connectivity index (χ3n) is 7.20. The molecule has 200 valence electrons. The molecule has 3 aromatic rings. The molecule has 10 heteroatoms. The Labute approximate surface area is 220 Å². The molecule has 1 amide bonds. The zero-order chi connectivity index (χ0) is 27.5. The van der Waals surface area contributed by atoms with E-state index < -0.39 is 17.2 Å². The van der Waals surface area contributed by atoms with Crippen molar-refractivity contribution in [3.8, 4) is 17.5 Å². The van der Waals surface area contributed by atoms with Gasteiger partial charge in [-0.15, -0.1) is 0 Å². The predicted molar refractivity (Wildman–Crippen MR) is 139 cm³/mol. The van der Waals surface area contributed by atoms with Crippen LogP contribution in [0, 0.1) is 11.3 Å². The zero-order valence-corrected chi connectivity index (χ0v) is 21.7. The Bertz CT molecular complexity index is 1320. The monoisotopic (exact) mass is 524 g/mol. The zero-order valence-electron chi connectivity index (χ0n) is 21.7. The Kier molecular flexibility index (Phi) is 7.78. The lowest BCUT2D eigenvalue weighted by Gasteiger charge is -2.42. The fraction of sp³-hybridized carbons (Fsp3) is 0.393. The van der Waals surface area contributed by atoms with Gasteiger partial charge < -0.3 is 19.7 Å². The van der Waals surface area contributed by atoms with Crippen LogP contribution in [0.15, 0.2) is 54.9 Å².